The Kier molecular flexibility index (Phi) is 3.99. The molecule has 0 radical (unpaired) electrons. The molecule has 2 fully saturated rings. The average Bonchev–Trinajstić information content (AvgIpc) is 2.46. The predicted octanol–water partition coefficient (Wildman–Crippen LogP) is 3.45. The van der Waals surface area contributed by atoms with E-state index in [-0.39, 0.29) is 5.60 Å². The number of hydrogen-bond acceptors (Lipinski definition) is 3. The number of methoxy groups -OCH3 is 1. The van der Waals surface area contributed by atoms with Gasteiger partial charge in [0.15, 0.2) is 0 Å². The standard InChI is InChI=1S/C17H25NO2/c1-13(15-6-3-4-7-16(15)19-2)18-14-8-11-20-17(12-14)9-5-10-17/h3-4,6-7,13-14,18H,5,8-12H2,1-2H3/t13-,14?/m0/s1. The SMILES string of the molecule is COc1ccccc1[C@H](C)NC1CCOC2(CCC2)C1. The average molecular weight is 275 g/mol. The molecule has 1 saturated carbocycles. The van der Waals surface area contributed by atoms with E-state index in [1.807, 2.05) is 12.1 Å². The molecule has 3 nitrogen and oxygen atoms in total. The number of nitrogens with one attached hydrogen (secondary N) is 1. The summed E-state index contributed by atoms with van der Waals surface area (Å²) < 4.78 is 11.5. The highest BCUT2D eigenvalue weighted by molar-refractivity contribution is 5.35. The quantitative estimate of drug-likeness (QED) is 0.913. The monoisotopic (exact) mass is 275 g/mol. The molecule has 3 heteroatoms. The minimum atomic E-state index is 0.205. The summed E-state index contributed by atoms with van der Waals surface area (Å²) >= 11 is 0. The van der Waals surface area contributed by atoms with E-state index in [0.717, 1.165) is 25.2 Å². The van der Waals surface area contributed by atoms with Crippen molar-refractivity contribution in [2.75, 3.05) is 13.7 Å². The molecule has 1 aromatic carbocycles. The number of para-hydroxylation sites is 1. The van der Waals surface area contributed by atoms with Crippen molar-refractivity contribution in [3.8, 4) is 5.75 Å². The zero-order valence-corrected chi connectivity index (χ0v) is 12.5. The van der Waals surface area contributed by atoms with Crippen molar-refractivity contribution in [2.24, 2.45) is 0 Å². The zero-order valence-electron chi connectivity index (χ0n) is 12.5. The molecule has 1 unspecified atom stereocenters. The van der Waals surface area contributed by atoms with E-state index in [0.29, 0.717) is 12.1 Å². The van der Waals surface area contributed by atoms with Crippen LogP contribution in [0.1, 0.15) is 50.6 Å². The highest BCUT2D eigenvalue weighted by Crippen LogP contribution is 2.42. The lowest BCUT2D eigenvalue weighted by Crippen LogP contribution is -2.51. The molecule has 2 aliphatic rings. The third-order valence-electron chi connectivity index (χ3n) is 4.85. The van der Waals surface area contributed by atoms with Crippen LogP contribution >= 0.6 is 0 Å². The lowest BCUT2D eigenvalue weighted by Gasteiger charge is -2.47. The minimum absolute atomic E-state index is 0.205. The van der Waals surface area contributed by atoms with Gasteiger partial charge in [0, 0.05) is 24.3 Å². The molecule has 1 aliphatic heterocycles. The third kappa shape index (κ3) is 2.70. The normalized spacial score (nSPS) is 26.0. The van der Waals surface area contributed by atoms with E-state index < -0.39 is 0 Å². The Balaban J connectivity index is 1.64. The van der Waals surface area contributed by atoms with Gasteiger partial charge < -0.3 is 14.8 Å². The molecule has 110 valence electrons. The van der Waals surface area contributed by atoms with Crippen LogP contribution in [0, 0.1) is 0 Å². The van der Waals surface area contributed by atoms with Gasteiger partial charge in [-0.15, -0.1) is 0 Å². The van der Waals surface area contributed by atoms with Gasteiger partial charge in [-0.3, -0.25) is 0 Å². The number of benzene rings is 1. The maximum Gasteiger partial charge on any atom is 0.123 e. The Morgan fingerprint density at radius 1 is 1.35 bits per heavy atom. The summed E-state index contributed by atoms with van der Waals surface area (Å²) in [4.78, 5) is 0. The lowest BCUT2D eigenvalue weighted by atomic mass is 9.74. The molecule has 2 atom stereocenters. The fourth-order valence-electron chi connectivity index (χ4n) is 3.56. The number of hydrogen-bond donors (Lipinski definition) is 1. The van der Waals surface area contributed by atoms with Crippen molar-refractivity contribution >= 4 is 0 Å². The summed E-state index contributed by atoms with van der Waals surface area (Å²) in [6.07, 6.45) is 6.09. The van der Waals surface area contributed by atoms with Crippen molar-refractivity contribution in [1.29, 1.82) is 0 Å². The van der Waals surface area contributed by atoms with Gasteiger partial charge in [-0.05, 0) is 45.1 Å². The summed E-state index contributed by atoms with van der Waals surface area (Å²) in [5.74, 6) is 0.970. The van der Waals surface area contributed by atoms with Gasteiger partial charge in [-0.1, -0.05) is 18.2 Å². The molecular formula is C17H25NO2. The first-order valence-corrected chi connectivity index (χ1v) is 7.75. The molecule has 1 heterocycles. The molecule has 1 saturated heterocycles. The Morgan fingerprint density at radius 2 is 2.15 bits per heavy atom. The molecule has 1 N–H and O–H groups in total. The molecule has 3 rings (SSSR count). The van der Waals surface area contributed by atoms with Crippen molar-refractivity contribution in [3.05, 3.63) is 29.8 Å². The highest BCUT2D eigenvalue weighted by atomic mass is 16.5. The van der Waals surface area contributed by atoms with Crippen LogP contribution in [0.4, 0.5) is 0 Å². The Hall–Kier alpha value is -1.06. The van der Waals surface area contributed by atoms with Crippen molar-refractivity contribution in [2.45, 2.75) is 56.7 Å². The van der Waals surface area contributed by atoms with Crippen LogP contribution in [0.15, 0.2) is 24.3 Å². The first-order chi connectivity index (χ1) is 9.72. The van der Waals surface area contributed by atoms with Gasteiger partial charge in [-0.2, -0.15) is 0 Å². The molecule has 0 bridgehead atoms. The van der Waals surface area contributed by atoms with E-state index in [4.69, 9.17) is 9.47 Å². The minimum Gasteiger partial charge on any atom is -0.496 e. The Bertz CT molecular complexity index is 456. The first kappa shape index (κ1) is 13.9. The second kappa shape index (κ2) is 5.74. The van der Waals surface area contributed by atoms with Crippen LogP contribution in [-0.2, 0) is 4.74 Å². The zero-order chi connectivity index (χ0) is 14.0. The molecule has 1 spiro atoms. The Morgan fingerprint density at radius 3 is 2.85 bits per heavy atom. The van der Waals surface area contributed by atoms with Gasteiger partial charge in [0.1, 0.15) is 5.75 Å². The number of rotatable bonds is 4. The van der Waals surface area contributed by atoms with Crippen molar-refractivity contribution < 1.29 is 9.47 Å². The third-order valence-corrected chi connectivity index (χ3v) is 4.85. The van der Waals surface area contributed by atoms with Crippen LogP contribution < -0.4 is 10.1 Å². The topological polar surface area (TPSA) is 30.5 Å². The van der Waals surface area contributed by atoms with Crippen LogP contribution in [0.3, 0.4) is 0 Å². The van der Waals surface area contributed by atoms with Crippen molar-refractivity contribution in [3.63, 3.8) is 0 Å². The van der Waals surface area contributed by atoms with Gasteiger partial charge in [0.05, 0.1) is 12.7 Å². The van der Waals surface area contributed by atoms with Crippen LogP contribution in [-0.4, -0.2) is 25.4 Å². The van der Waals surface area contributed by atoms with Crippen LogP contribution in [0.25, 0.3) is 0 Å². The maximum absolute atomic E-state index is 6.00. The van der Waals surface area contributed by atoms with Gasteiger partial charge >= 0.3 is 0 Å². The summed E-state index contributed by atoms with van der Waals surface area (Å²) in [6, 6.07) is 9.15. The van der Waals surface area contributed by atoms with E-state index in [1.165, 1.54) is 24.8 Å². The molecule has 1 aromatic rings. The van der Waals surface area contributed by atoms with E-state index in [2.05, 4.69) is 24.4 Å². The number of ether oxygens (including phenoxy) is 2. The molecule has 1 aliphatic carbocycles. The van der Waals surface area contributed by atoms with Crippen LogP contribution in [0.5, 0.6) is 5.75 Å². The summed E-state index contributed by atoms with van der Waals surface area (Å²) in [5.41, 5.74) is 1.44. The predicted molar refractivity (Wildman–Crippen MR) is 80.1 cm³/mol. The highest BCUT2D eigenvalue weighted by Gasteiger charge is 2.42. The van der Waals surface area contributed by atoms with E-state index in [1.54, 1.807) is 7.11 Å². The fraction of sp³-hybridized carbons (Fsp3) is 0.647. The summed E-state index contributed by atoms with van der Waals surface area (Å²) in [5, 5.41) is 3.77. The molecule has 20 heavy (non-hydrogen) atoms. The lowest BCUT2D eigenvalue weighted by molar-refractivity contribution is -0.136. The molecular weight excluding hydrogens is 250 g/mol. The first-order valence-electron chi connectivity index (χ1n) is 7.75. The summed E-state index contributed by atoms with van der Waals surface area (Å²) in [6.45, 7) is 3.12. The van der Waals surface area contributed by atoms with Gasteiger partial charge in [0.25, 0.3) is 0 Å². The largest absolute Gasteiger partial charge is 0.496 e. The van der Waals surface area contributed by atoms with Gasteiger partial charge in [-0.25, -0.2) is 0 Å². The second-order valence-electron chi connectivity index (χ2n) is 6.21. The van der Waals surface area contributed by atoms with Gasteiger partial charge in [0.2, 0.25) is 0 Å². The molecule has 0 aromatic heterocycles. The van der Waals surface area contributed by atoms with Crippen LogP contribution in [0.2, 0.25) is 0 Å². The summed E-state index contributed by atoms with van der Waals surface area (Å²) in [7, 11) is 1.74. The second-order valence-corrected chi connectivity index (χ2v) is 6.21. The fourth-order valence-corrected chi connectivity index (χ4v) is 3.56. The maximum atomic E-state index is 6.00. The molecule has 0 amide bonds. The van der Waals surface area contributed by atoms with Crippen molar-refractivity contribution in [1.82, 2.24) is 5.32 Å². The van der Waals surface area contributed by atoms with E-state index >= 15 is 0 Å². The smallest absolute Gasteiger partial charge is 0.123 e. The Labute approximate surface area is 121 Å². The van der Waals surface area contributed by atoms with E-state index in [9.17, 15) is 0 Å².